The van der Waals surface area contributed by atoms with Crippen molar-refractivity contribution < 1.29 is 27.0 Å². The SMILES string of the molecule is Cc1ccc(S(=O)(=O)OCc2ccc(F)c(B(O)O)c2)cc1. The van der Waals surface area contributed by atoms with Crippen LogP contribution < -0.4 is 5.46 Å². The van der Waals surface area contributed by atoms with E-state index in [1.165, 1.54) is 18.2 Å². The second-order valence-electron chi connectivity index (χ2n) is 4.76. The van der Waals surface area contributed by atoms with E-state index in [4.69, 9.17) is 14.2 Å². The fraction of sp³-hybridized carbons (Fsp3) is 0.143. The third kappa shape index (κ3) is 3.92. The molecule has 0 aliphatic heterocycles. The minimum atomic E-state index is -3.94. The van der Waals surface area contributed by atoms with Gasteiger partial charge >= 0.3 is 7.12 Å². The third-order valence-electron chi connectivity index (χ3n) is 3.03. The molecule has 5 nitrogen and oxygen atoms in total. The largest absolute Gasteiger partial charge is 0.491 e. The summed E-state index contributed by atoms with van der Waals surface area (Å²) in [6.07, 6.45) is 0. The molecule has 0 radical (unpaired) electrons. The molecule has 0 unspecified atom stereocenters. The van der Waals surface area contributed by atoms with Crippen molar-refractivity contribution in [3.63, 3.8) is 0 Å². The van der Waals surface area contributed by atoms with Gasteiger partial charge in [-0.25, -0.2) is 4.39 Å². The van der Waals surface area contributed by atoms with Crippen LogP contribution >= 0.6 is 0 Å². The first-order chi connectivity index (χ1) is 10.3. The molecule has 0 atom stereocenters. The Morgan fingerprint density at radius 1 is 1.14 bits per heavy atom. The highest BCUT2D eigenvalue weighted by Crippen LogP contribution is 2.15. The summed E-state index contributed by atoms with van der Waals surface area (Å²) in [5, 5.41) is 18.0. The van der Waals surface area contributed by atoms with Crippen molar-refractivity contribution in [2.24, 2.45) is 0 Å². The van der Waals surface area contributed by atoms with Crippen molar-refractivity contribution in [1.29, 1.82) is 0 Å². The van der Waals surface area contributed by atoms with Gasteiger partial charge in [0.25, 0.3) is 10.1 Å². The van der Waals surface area contributed by atoms with E-state index in [0.717, 1.165) is 17.7 Å². The van der Waals surface area contributed by atoms with Crippen LogP contribution in [0.4, 0.5) is 4.39 Å². The first-order valence-corrected chi connectivity index (χ1v) is 7.81. The fourth-order valence-corrected chi connectivity index (χ4v) is 2.70. The predicted molar refractivity (Wildman–Crippen MR) is 79.4 cm³/mol. The second kappa shape index (κ2) is 6.57. The summed E-state index contributed by atoms with van der Waals surface area (Å²) in [6.45, 7) is 1.49. The van der Waals surface area contributed by atoms with Gasteiger partial charge in [0.1, 0.15) is 5.82 Å². The van der Waals surface area contributed by atoms with E-state index in [9.17, 15) is 12.8 Å². The van der Waals surface area contributed by atoms with Crippen molar-refractivity contribution in [2.45, 2.75) is 18.4 Å². The number of hydrogen-bond acceptors (Lipinski definition) is 5. The summed E-state index contributed by atoms with van der Waals surface area (Å²) in [5.41, 5.74) is 0.882. The standard InChI is InChI=1S/C14H14BFO5S/c1-10-2-5-12(6-3-10)22(19,20)21-9-11-4-7-14(16)13(8-11)15(17)18/h2-8,17-18H,9H2,1H3. The molecule has 2 aromatic rings. The number of benzene rings is 2. The smallest absolute Gasteiger partial charge is 0.423 e. The Morgan fingerprint density at radius 3 is 2.36 bits per heavy atom. The molecule has 8 heteroatoms. The lowest BCUT2D eigenvalue weighted by Gasteiger charge is -2.08. The Bertz CT molecular complexity index is 759. The quantitative estimate of drug-likeness (QED) is 0.625. The minimum Gasteiger partial charge on any atom is -0.423 e. The average molecular weight is 324 g/mol. The topological polar surface area (TPSA) is 83.8 Å². The molecule has 0 bridgehead atoms. The summed E-state index contributed by atoms with van der Waals surface area (Å²) >= 11 is 0. The number of aryl methyl sites for hydroxylation is 1. The Morgan fingerprint density at radius 2 is 1.77 bits per heavy atom. The maximum Gasteiger partial charge on any atom is 0.491 e. The van der Waals surface area contributed by atoms with Crippen molar-refractivity contribution >= 4 is 22.7 Å². The monoisotopic (exact) mass is 324 g/mol. The van der Waals surface area contributed by atoms with Gasteiger partial charge in [-0.15, -0.1) is 0 Å². The highest BCUT2D eigenvalue weighted by Gasteiger charge is 2.19. The maximum absolute atomic E-state index is 13.3. The van der Waals surface area contributed by atoms with Gasteiger partial charge in [0.2, 0.25) is 0 Å². The van der Waals surface area contributed by atoms with Crippen molar-refractivity contribution in [3.8, 4) is 0 Å². The zero-order valence-corrected chi connectivity index (χ0v) is 12.5. The molecule has 2 rings (SSSR count). The summed E-state index contributed by atoms with van der Waals surface area (Å²) in [7, 11) is -5.92. The van der Waals surface area contributed by atoms with E-state index >= 15 is 0 Å². The van der Waals surface area contributed by atoms with Crippen molar-refractivity contribution in [2.75, 3.05) is 0 Å². The normalized spacial score (nSPS) is 11.5. The highest BCUT2D eigenvalue weighted by molar-refractivity contribution is 7.86. The van der Waals surface area contributed by atoms with E-state index in [-0.39, 0.29) is 17.0 Å². The Hall–Kier alpha value is -1.74. The molecule has 0 amide bonds. The van der Waals surface area contributed by atoms with E-state index in [0.29, 0.717) is 5.56 Å². The third-order valence-corrected chi connectivity index (χ3v) is 4.31. The Balaban J connectivity index is 2.15. The zero-order chi connectivity index (χ0) is 16.3. The molecule has 0 aromatic heterocycles. The van der Waals surface area contributed by atoms with Gasteiger partial charge in [-0.05, 0) is 30.7 Å². The van der Waals surface area contributed by atoms with Crippen LogP contribution in [0.2, 0.25) is 0 Å². The van der Waals surface area contributed by atoms with E-state index in [2.05, 4.69) is 0 Å². The molecule has 0 aliphatic rings. The number of rotatable bonds is 5. The number of hydrogen-bond donors (Lipinski definition) is 2. The van der Waals surface area contributed by atoms with Gasteiger partial charge < -0.3 is 10.0 Å². The van der Waals surface area contributed by atoms with Gasteiger partial charge in [-0.3, -0.25) is 4.18 Å². The van der Waals surface area contributed by atoms with Crippen LogP contribution in [0, 0.1) is 12.7 Å². The zero-order valence-electron chi connectivity index (χ0n) is 11.7. The van der Waals surface area contributed by atoms with Crippen LogP contribution in [-0.4, -0.2) is 25.6 Å². The molecule has 0 aliphatic carbocycles. The summed E-state index contributed by atoms with van der Waals surface area (Å²) in [4.78, 5) is 0.0163. The molecule has 2 aromatic carbocycles. The summed E-state index contributed by atoms with van der Waals surface area (Å²) in [5.74, 6) is -0.792. The summed E-state index contributed by atoms with van der Waals surface area (Å²) in [6, 6.07) is 9.63. The van der Waals surface area contributed by atoms with Crippen LogP contribution in [0.5, 0.6) is 0 Å². The summed E-state index contributed by atoms with van der Waals surface area (Å²) < 4.78 is 42.2. The second-order valence-corrected chi connectivity index (χ2v) is 6.37. The molecule has 2 N–H and O–H groups in total. The van der Waals surface area contributed by atoms with Gasteiger partial charge in [-0.2, -0.15) is 8.42 Å². The highest BCUT2D eigenvalue weighted by atomic mass is 32.2. The lowest BCUT2D eigenvalue weighted by atomic mass is 9.79. The molecular formula is C14H14BFO5S. The predicted octanol–water partition coefficient (Wildman–Crippen LogP) is 0.719. The molecule has 0 fully saturated rings. The lowest BCUT2D eigenvalue weighted by Crippen LogP contribution is -2.33. The Labute approximate surface area is 128 Å². The molecule has 0 spiro atoms. The maximum atomic E-state index is 13.3. The molecule has 0 heterocycles. The molecule has 0 saturated heterocycles. The Kier molecular flexibility index (Phi) is 4.97. The van der Waals surface area contributed by atoms with Gasteiger partial charge in [0.15, 0.2) is 0 Å². The van der Waals surface area contributed by atoms with Gasteiger partial charge in [0.05, 0.1) is 11.5 Å². The van der Waals surface area contributed by atoms with E-state index < -0.39 is 23.1 Å². The van der Waals surface area contributed by atoms with Crippen LogP contribution in [0.1, 0.15) is 11.1 Å². The van der Waals surface area contributed by atoms with Crippen molar-refractivity contribution in [1.82, 2.24) is 0 Å². The fourth-order valence-electron chi connectivity index (χ4n) is 1.80. The van der Waals surface area contributed by atoms with Crippen LogP contribution in [-0.2, 0) is 20.9 Å². The van der Waals surface area contributed by atoms with Crippen LogP contribution in [0.3, 0.4) is 0 Å². The number of halogens is 1. The average Bonchev–Trinajstić information content (AvgIpc) is 2.46. The van der Waals surface area contributed by atoms with Crippen LogP contribution in [0.25, 0.3) is 0 Å². The molecule has 116 valence electrons. The van der Waals surface area contributed by atoms with E-state index in [1.54, 1.807) is 12.1 Å². The minimum absolute atomic E-state index is 0.0163. The molecule has 0 saturated carbocycles. The first-order valence-electron chi connectivity index (χ1n) is 6.40. The lowest BCUT2D eigenvalue weighted by molar-refractivity contribution is 0.308. The first kappa shape index (κ1) is 16.6. The van der Waals surface area contributed by atoms with E-state index in [1.807, 2.05) is 6.92 Å². The van der Waals surface area contributed by atoms with Gasteiger partial charge in [0, 0.05) is 5.46 Å². The van der Waals surface area contributed by atoms with Gasteiger partial charge in [-0.1, -0.05) is 29.8 Å². The van der Waals surface area contributed by atoms with Crippen LogP contribution in [0.15, 0.2) is 47.4 Å². The molecular weight excluding hydrogens is 310 g/mol. The molecule has 22 heavy (non-hydrogen) atoms. The van der Waals surface area contributed by atoms with Crippen molar-refractivity contribution in [3.05, 3.63) is 59.4 Å².